The van der Waals surface area contributed by atoms with Crippen LogP contribution in [0.15, 0.2) is 0 Å². The van der Waals surface area contributed by atoms with Crippen LogP contribution in [0.1, 0.15) is 33.6 Å². The van der Waals surface area contributed by atoms with Gasteiger partial charge in [-0.1, -0.05) is 0 Å². The second-order valence-electron chi connectivity index (χ2n) is 5.12. The Morgan fingerprint density at radius 2 is 2.20 bits per heavy atom. The zero-order chi connectivity index (χ0) is 11.5. The summed E-state index contributed by atoms with van der Waals surface area (Å²) in [4.78, 5) is 13.6. The molecule has 15 heavy (non-hydrogen) atoms. The van der Waals surface area contributed by atoms with E-state index >= 15 is 0 Å². The average molecular weight is 231 g/mol. The van der Waals surface area contributed by atoms with Crippen molar-refractivity contribution < 1.29 is 9.53 Å². The summed E-state index contributed by atoms with van der Waals surface area (Å²) in [6, 6.07) is 0. The molecular formula is C11H21NO2S. The summed E-state index contributed by atoms with van der Waals surface area (Å²) in [5.74, 6) is 1.37. The maximum absolute atomic E-state index is 11.8. The summed E-state index contributed by atoms with van der Waals surface area (Å²) in [5, 5.41) is 0. The molecule has 1 unspecified atom stereocenters. The van der Waals surface area contributed by atoms with Crippen LogP contribution in [0.2, 0.25) is 0 Å². The fraction of sp³-hybridized carbons (Fsp3) is 0.909. The Morgan fingerprint density at radius 3 is 2.73 bits per heavy atom. The van der Waals surface area contributed by atoms with Gasteiger partial charge in [-0.25, -0.2) is 4.79 Å². The number of likely N-dealkylation sites (tertiary alicyclic amines) is 1. The Balaban J connectivity index is 2.45. The van der Waals surface area contributed by atoms with Crippen molar-refractivity contribution in [2.75, 3.05) is 18.8 Å². The Bertz CT molecular complexity index is 225. The van der Waals surface area contributed by atoms with E-state index in [9.17, 15) is 4.79 Å². The molecule has 88 valence electrons. The van der Waals surface area contributed by atoms with Gasteiger partial charge in [-0.05, 0) is 45.3 Å². The molecule has 4 heteroatoms. The van der Waals surface area contributed by atoms with Gasteiger partial charge < -0.3 is 9.64 Å². The van der Waals surface area contributed by atoms with Crippen LogP contribution in [-0.2, 0) is 4.74 Å². The lowest BCUT2D eigenvalue weighted by Gasteiger charge is -2.33. The zero-order valence-corrected chi connectivity index (χ0v) is 10.7. The minimum absolute atomic E-state index is 0.186. The monoisotopic (exact) mass is 231 g/mol. The molecule has 0 aliphatic carbocycles. The minimum Gasteiger partial charge on any atom is -0.444 e. The molecule has 1 fully saturated rings. The van der Waals surface area contributed by atoms with Crippen molar-refractivity contribution >= 4 is 18.7 Å². The van der Waals surface area contributed by atoms with E-state index in [0.717, 1.165) is 25.3 Å². The molecule has 0 spiro atoms. The number of carbonyl (C=O) groups excluding carboxylic acids is 1. The summed E-state index contributed by atoms with van der Waals surface area (Å²) in [7, 11) is 0. The smallest absolute Gasteiger partial charge is 0.410 e. The molecule has 1 aliphatic heterocycles. The van der Waals surface area contributed by atoms with E-state index in [-0.39, 0.29) is 6.09 Å². The molecule has 0 saturated carbocycles. The number of carbonyl (C=O) groups is 1. The lowest BCUT2D eigenvalue weighted by atomic mass is 10.0. The molecule has 1 heterocycles. The third-order valence-corrected chi connectivity index (χ3v) is 2.95. The van der Waals surface area contributed by atoms with Gasteiger partial charge in [0.15, 0.2) is 0 Å². The van der Waals surface area contributed by atoms with Gasteiger partial charge in [0, 0.05) is 13.1 Å². The van der Waals surface area contributed by atoms with Crippen molar-refractivity contribution in [1.82, 2.24) is 4.90 Å². The second kappa shape index (κ2) is 5.10. The van der Waals surface area contributed by atoms with Gasteiger partial charge in [-0.15, -0.1) is 0 Å². The van der Waals surface area contributed by atoms with Gasteiger partial charge in [0.05, 0.1) is 0 Å². The average Bonchev–Trinajstić information content (AvgIpc) is 2.15. The van der Waals surface area contributed by atoms with E-state index in [4.69, 9.17) is 4.74 Å². The number of amides is 1. The summed E-state index contributed by atoms with van der Waals surface area (Å²) < 4.78 is 5.33. The van der Waals surface area contributed by atoms with Crippen LogP contribution in [0.3, 0.4) is 0 Å². The van der Waals surface area contributed by atoms with Crippen molar-refractivity contribution in [3.8, 4) is 0 Å². The molecule has 1 atom stereocenters. The Labute approximate surface area is 97.6 Å². The van der Waals surface area contributed by atoms with E-state index in [1.807, 2.05) is 20.8 Å². The number of piperidine rings is 1. The standard InChI is InChI=1S/C11H21NO2S/c1-11(2,3)14-10(13)12-6-4-5-9(7-12)8-15/h9,15H,4-8H2,1-3H3. The highest BCUT2D eigenvalue weighted by molar-refractivity contribution is 7.80. The predicted octanol–water partition coefficient (Wildman–Crippen LogP) is 2.56. The van der Waals surface area contributed by atoms with Crippen molar-refractivity contribution in [1.29, 1.82) is 0 Å². The van der Waals surface area contributed by atoms with E-state index in [1.54, 1.807) is 4.90 Å². The first-order valence-electron chi connectivity index (χ1n) is 5.51. The van der Waals surface area contributed by atoms with Crippen molar-refractivity contribution in [2.24, 2.45) is 5.92 Å². The van der Waals surface area contributed by atoms with E-state index < -0.39 is 5.60 Å². The quantitative estimate of drug-likeness (QED) is 0.703. The van der Waals surface area contributed by atoms with E-state index in [0.29, 0.717) is 5.92 Å². The molecule has 0 radical (unpaired) electrons. The Morgan fingerprint density at radius 1 is 1.53 bits per heavy atom. The Hall–Kier alpha value is -0.380. The maximum atomic E-state index is 11.8. The molecule has 1 saturated heterocycles. The molecule has 0 N–H and O–H groups in total. The van der Waals surface area contributed by atoms with Crippen LogP contribution in [0, 0.1) is 5.92 Å². The highest BCUT2D eigenvalue weighted by Crippen LogP contribution is 2.19. The molecule has 0 aromatic carbocycles. The van der Waals surface area contributed by atoms with Crippen LogP contribution in [0.5, 0.6) is 0 Å². The van der Waals surface area contributed by atoms with Crippen molar-refractivity contribution in [3.63, 3.8) is 0 Å². The second-order valence-corrected chi connectivity index (χ2v) is 5.48. The van der Waals surface area contributed by atoms with Crippen molar-refractivity contribution in [3.05, 3.63) is 0 Å². The zero-order valence-electron chi connectivity index (χ0n) is 9.82. The van der Waals surface area contributed by atoms with Gasteiger partial charge in [0.2, 0.25) is 0 Å². The molecular weight excluding hydrogens is 210 g/mol. The van der Waals surface area contributed by atoms with E-state index in [1.165, 1.54) is 6.42 Å². The molecule has 0 aromatic rings. The fourth-order valence-corrected chi connectivity index (χ4v) is 2.00. The van der Waals surface area contributed by atoms with E-state index in [2.05, 4.69) is 12.6 Å². The summed E-state index contributed by atoms with van der Waals surface area (Å²) in [5.41, 5.74) is -0.398. The number of hydrogen-bond acceptors (Lipinski definition) is 3. The molecule has 3 nitrogen and oxygen atoms in total. The van der Waals surface area contributed by atoms with Gasteiger partial charge in [-0.2, -0.15) is 12.6 Å². The Kier molecular flexibility index (Phi) is 4.32. The summed E-state index contributed by atoms with van der Waals surface area (Å²) in [6.07, 6.45) is 2.04. The van der Waals surface area contributed by atoms with Crippen LogP contribution in [0.4, 0.5) is 4.79 Å². The number of nitrogens with zero attached hydrogens (tertiary/aromatic N) is 1. The molecule has 1 amide bonds. The number of rotatable bonds is 1. The first kappa shape index (κ1) is 12.7. The minimum atomic E-state index is -0.398. The van der Waals surface area contributed by atoms with Crippen LogP contribution in [0.25, 0.3) is 0 Å². The predicted molar refractivity (Wildman–Crippen MR) is 64.4 cm³/mol. The first-order valence-corrected chi connectivity index (χ1v) is 6.14. The largest absolute Gasteiger partial charge is 0.444 e. The third-order valence-electron chi connectivity index (χ3n) is 2.43. The normalized spacial score (nSPS) is 22.7. The first-order chi connectivity index (χ1) is 6.92. The molecule has 0 aromatic heterocycles. The number of ether oxygens (including phenoxy) is 1. The van der Waals surface area contributed by atoms with Crippen LogP contribution in [-0.4, -0.2) is 35.4 Å². The van der Waals surface area contributed by atoms with Gasteiger partial charge in [0.25, 0.3) is 0 Å². The lowest BCUT2D eigenvalue weighted by molar-refractivity contribution is 0.0177. The van der Waals surface area contributed by atoms with Gasteiger partial charge >= 0.3 is 6.09 Å². The van der Waals surface area contributed by atoms with Crippen LogP contribution >= 0.6 is 12.6 Å². The maximum Gasteiger partial charge on any atom is 0.410 e. The summed E-state index contributed by atoms with van der Waals surface area (Å²) >= 11 is 4.28. The highest BCUT2D eigenvalue weighted by atomic mass is 32.1. The number of hydrogen-bond donors (Lipinski definition) is 1. The van der Waals surface area contributed by atoms with Crippen molar-refractivity contribution in [2.45, 2.75) is 39.2 Å². The van der Waals surface area contributed by atoms with Gasteiger partial charge in [-0.3, -0.25) is 0 Å². The lowest BCUT2D eigenvalue weighted by Crippen LogP contribution is -2.43. The topological polar surface area (TPSA) is 29.5 Å². The van der Waals surface area contributed by atoms with Gasteiger partial charge in [0.1, 0.15) is 5.60 Å². The molecule has 1 rings (SSSR count). The molecule has 0 bridgehead atoms. The highest BCUT2D eigenvalue weighted by Gasteiger charge is 2.26. The van der Waals surface area contributed by atoms with Crippen LogP contribution < -0.4 is 0 Å². The fourth-order valence-electron chi connectivity index (χ4n) is 1.71. The molecule has 1 aliphatic rings. The SMILES string of the molecule is CC(C)(C)OC(=O)N1CCCC(CS)C1. The third kappa shape index (κ3) is 4.33. The summed E-state index contributed by atoms with van der Waals surface area (Å²) in [6.45, 7) is 7.29. The number of thiol groups is 1.